The van der Waals surface area contributed by atoms with Gasteiger partial charge in [0.1, 0.15) is 6.26 Å². The average molecular weight is 369 g/mol. The number of carbonyl (C=O) groups is 1. The van der Waals surface area contributed by atoms with Gasteiger partial charge in [0.25, 0.3) is 5.91 Å². The van der Waals surface area contributed by atoms with E-state index in [1.165, 1.54) is 23.3 Å². The smallest absolute Gasteiger partial charge is 0.275 e. The molecule has 3 rings (SSSR count). The molecule has 6 nitrogen and oxygen atoms in total. The number of hydrogen-bond donors (Lipinski definition) is 0. The number of aromatic nitrogens is 2. The van der Waals surface area contributed by atoms with Crippen LogP contribution < -0.4 is 4.74 Å². The van der Waals surface area contributed by atoms with Gasteiger partial charge in [-0.3, -0.25) is 9.78 Å². The Morgan fingerprint density at radius 1 is 1.26 bits per heavy atom. The zero-order valence-corrected chi connectivity index (χ0v) is 15.2. The van der Waals surface area contributed by atoms with Crippen molar-refractivity contribution >= 4 is 5.91 Å². The first kappa shape index (κ1) is 18.6. The third kappa shape index (κ3) is 4.69. The van der Waals surface area contributed by atoms with Crippen molar-refractivity contribution in [3.8, 4) is 5.75 Å². The van der Waals surface area contributed by atoms with Crippen molar-refractivity contribution in [2.75, 3.05) is 7.05 Å². The molecule has 0 atom stereocenters. The number of pyridine rings is 1. The number of amides is 1. The highest BCUT2D eigenvalue weighted by Crippen LogP contribution is 2.17. The summed E-state index contributed by atoms with van der Waals surface area (Å²) in [5, 5.41) is 0. The Hall–Kier alpha value is -3.22. The summed E-state index contributed by atoms with van der Waals surface area (Å²) in [6.07, 6.45) is 3.99. The molecule has 0 saturated carbocycles. The van der Waals surface area contributed by atoms with E-state index < -0.39 is 5.82 Å². The summed E-state index contributed by atoms with van der Waals surface area (Å²) in [6, 6.07) is 9.95. The summed E-state index contributed by atoms with van der Waals surface area (Å²) >= 11 is 0. The molecule has 0 bridgehead atoms. The molecule has 0 fully saturated rings. The van der Waals surface area contributed by atoms with Gasteiger partial charge in [-0.15, -0.1) is 0 Å². The molecule has 0 aliphatic rings. The monoisotopic (exact) mass is 369 g/mol. The largest absolute Gasteiger partial charge is 0.481 e. The number of benzene rings is 1. The quantitative estimate of drug-likeness (QED) is 0.636. The number of para-hydroxylation sites is 1. The molecular formula is C20H20FN3O3. The summed E-state index contributed by atoms with van der Waals surface area (Å²) < 4.78 is 24.1. The van der Waals surface area contributed by atoms with Crippen LogP contribution >= 0.6 is 0 Å². The SMILES string of the molecule is CCc1ccc(CN(C)C(=O)c2coc(COc3ccccc3F)n2)nc1. The number of rotatable bonds is 7. The zero-order valence-electron chi connectivity index (χ0n) is 15.2. The van der Waals surface area contributed by atoms with Gasteiger partial charge in [0.15, 0.2) is 23.9 Å². The predicted octanol–water partition coefficient (Wildman–Crippen LogP) is 3.62. The first-order valence-corrected chi connectivity index (χ1v) is 8.57. The van der Waals surface area contributed by atoms with Crippen molar-refractivity contribution in [3.63, 3.8) is 0 Å². The van der Waals surface area contributed by atoms with Gasteiger partial charge in [0.2, 0.25) is 5.89 Å². The summed E-state index contributed by atoms with van der Waals surface area (Å²) in [4.78, 5) is 22.5. The number of carbonyl (C=O) groups excluding carboxylic acids is 1. The van der Waals surface area contributed by atoms with Crippen LogP contribution in [0.1, 0.15) is 34.6 Å². The van der Waals surface area contributed by atoms with E-state index in [4.69, 9.17) is 9.15 Å². The lowest BCUT2D eigenvalue weighted by molar-refractivity contribution is 0.0777. The van der Waals surface area contributed by atoms with Crippen molar-refractivity contribution in [1.29, 1.82) is 0 Å². The lowest BCUT2D eigenvalue weighted by atomic mass is 10.2. The molecule has 7 heteroatoms. The van der Waals surface area contributed by atoms with Crippen LogP contribution in [0, 0.1) is 5.82 Å². The second kappa shape index (κ2) is 8.44. The maximum absolute atomic E-state index is 13.5. The molecule has 0 spiro atoms. The van der Waals surface area contributed by atoms with Crippen LogP contribution in [0.4, 0.5) is 4.39 Å². The lowest BCUT2D eigenvalue weighted by Gasteiger charge is -2.15. The highest BCUT2D eigenvalue weighted by molar-refractivity contribution is 5.91. The minimum absolute atomic E-state index is 0.0715. The average Bonchev–Trinajstić information content (AvgIpc) is 3.16. The van der Waals surface area contributed by atoms with Crippen LogP contribution in [0.3, 0.4) is 0 Å². The molecule has 2 heterocycles. The van der Waals surface area contributed by atoms with E-state index in [0.717, 1.165) is 17.7 Å². The van der Waals surface area contributed by atoms with Crippen LogP contribution in [0.15, 0.2) is 53.3 Å². The summed E-state index contributed by atoms with van der Waals surface area (Å²) in [7, 11) is 1.67. The highest BCUT2D eigenvalue weighted by Gasteiger charge is 2.18. The Bertz CT molecular complexity index is 909. The second-order valence-electron chi connectivity index (χ2n) is 6.02. The van der Waals surface area contributed by atoms with Gasteiger partial charge in [-0.25, -0.2) is 9.37 Å². The molecule has 0 unspecified atom stereocenters. The Kier molecular flexibility index (Phi) is 5.80. The number of hydrogen-bond acceptors (Lipinski definition) is 5. The Morgan fingerprint density at radius 2 is 2.07 bits per heavy atom. The van der Waals surface area contributed by atoms with E-state index >= 15 is 0 Å². The molecule has 3 aromatic rings. The van der Waals surface area contributed by atoms with E-state index in [1.54, 1.807) is 19.2 Å². The maximum Gasteiger partial charge on any atom is 0.275 e. The van der Waals surface area contributed by atoms with E-state index in [2.05, 4.69) is 16.9 Å². The van der Waals surface area contributed by atoms with Gasteiger partial charge in [-0.05, 0) is 30.2 Å². The molecule has 1 amide bonds. The fourth-order valence-electron chi connectivity index (χ4n) is 2.44. The highest BCUT2D eigenvalue weighted by atomic mass is 19.1. The van der Waals surface area contributed by atoms with Crippen LogP contribution in [0.25, 0.3) is 0 Å². The predicted molar refractivity (Wildman–Crippen MR) is 96.6 cm³/mol. The summed E-state index contributed by atoms with van der Waals surface area (Å²) in [5.41, 5.74) is 2.09. The van der Waals surface area contributed by atoms with Crippen molar-refractivity contribution in [2.45, 2.75) is 26.5 Å². The van der Waals surface area contributed by atoms with E-state index in [0.29, 0.717) is 6.54 Å². The molecule has 2 aromatic heterocycles. The van der Waals surface area contributed by atoms with Crippen molar-refractivity contribution < 1.29 is 18.3 Å². The van der Waals surface area contributed by atoms with Crippen LogP contribution in [-0.4, -0.2) is 27.8 Å². The lowest BCUT2D eigenvalue weighted by Crippen LogP contribution is -2.27. The van der Waals surface area contributed by atoms with E-state index in [1.807, 2.05) is 18.3 Å². The second-order valence-corrected chi connectivity index (χ2v) is 6.02. The molecular weight excluding hydrogens is 349 g/mol. The standard InChI is InChI=1S/C20H20FN3O3/c1-3-14-8-9-15(22-10-14)11-24(2)20(25)17-12-27-19(23-17)13-26-18-7-5-4-6-16(18)21/h4-10,12H,3,11,13H2,1-2H3. The number of halogens is 1. The summed E-state index contributed by atoms with van der Waals surface area (Å²) in [5.74, 6) is -0.471. The minimum atomic E-state index is -0.471. The number of aryl methyl sites for hydroxylation is 1. The van der Waals surface area contributed by atoms with Crippen LogP contribution in [-0.2, 0) is 19.6 Å². The normalized spacial score (nSPS) is 10.6. The van der Waals surface area contributed by atoms with Gasteiger partial charge < -0.3 is 14.1 Å². The Balaban J connectivity index is 1.59. The Morgan fingerprint density at radius 3 is 2.78 bits per heavy atom. The van der Waals surface area contributed by atoms with Crippen molar-refractivity contribution in [3.05, 3.63) is 77.5 Å². The minimum Gasteiger partial charge on any atom is -0.481 e. The molecule has 0 N–H and O–H groups in total. The molecule has 140 valence electrons. The maximum atomic E-state index is 13.5. The Labute approximate surface area is 156 Å². The molecule has 1 aromatic carbocycles. The third-order valence-electron chi connectivity index (χ3n) is 4.00. The van der Waals surface area contributed by atoms with Gasteiger partial charge in [0.05, 0.1) is 12.2 Å². The molecule has 0 aliphatic carbocycles. The van der Waals surface area contributed by atoms with Gasteiger partial charge >= 0.3 is 0 Å². The fourth-order valence-corrected chi connectivity index (χ4v) is 2.44. The fraction of sp³-hybridized carbons (Fsp3) is 0.250. The van der Waals surface area contributed by atoms with Crippen LogP contribution in [0.5, 0.6) is 5.75 Å². The van der Waals surface area contributed by atoms with Crippen molar-refractivity contribution in [1.82, 2.24) is 14.9 Å². The molecule has 0 saturated heterocycles. The third-order valence-corrected chi connectivity index (χ3v) is 4.00. The first-order chi connectivity index (χ1) is 13.1. The topological polar surface area (TPSA) is 68.5 Å². The van der Waals surface area contributed by atoms with Crippen molar-refractivity contribution in [2.24, 2.45) is 0 Å². The van der Waals surface area contributed by atoms with E-state index in [-0.39, 0.29) is 29.8 Å². The first-order valence-electron chi connectivity index (χ1n) is 8.57. The molecule has 0 aliphatic heterocycles. The number of oxazole rings is 1. The van der Waals surface area contributed by atoms with E-state index in [9.17, 15) is 9.18 Å². The van der Waals surface area contributed by atoms with Gasteiger partial charge in [-0.1, -0.05) is 25.1 Å². The van der Waals surface area contributed by atoms with Crippen LogP contribution in [0.2, 0.25) is 0 Å². The number of ether oxygens (including phenoxy) is 1. The van der Waals surface area contributed by atoms with Gasteiger partial charge in [-0.2, -0.15) is 0 Å². The van der Waals surface area contributed by atoms with Gasteiger partial charge in [0, 0.05) is 13.2 Å². The molecule has 27 heavy (non-hydrogen) atoms. The summed E-state index contributed by atoms with van der Waals surface area (Å²) in [6.45, 7) is 2.35. The molecule has 0 radical (unpaired) electrons. The zero-order chi connectivity index (χ0) is 19.2. The number of nitrogens with zero attached hydrogens (tertiary/aromatic N) is 3.